The molecule has 96 valence electrons. The summed E-state index contributed by atoms with van der Waals surface area (Å²) in [6, 6.07) is 7.96. The number of aldehydes is 1. The number of hydrogen-bond donors (Lipinski definition) is 0. The van der Waals surface area contributed by atoms with E-state index in [0.717, 1.165) is 22.9 Å². The predicted molar refractivity (Wildman–Crippen MR) is 72.7 cm³/mol. The number of fused-ring (bicyclic) bond motifs is 1. The van der Waals surface area contributed by atoms with E-state index >= 15 is 0 Å². The van der Waals surface area contributed by atoms with Gasteiger partial charge in [-0.25, -0.2) is 4.68 Å². The van der Waals surface area contributed by atoms with E-state index in [-0.39, 0.29) is 0 Å². The molecule has 3 aromatic rings. The van der Waals surface area contributed by atoms with Gasteiger partial charge in [-0.15, -0.1) is 0 Å². The number of hydrogen-bond acceptors (Lipinski definition) is 3. The molecule has 0 saturated carbocycles. The minimum atomic E-state index is 0.579. The summed E-state index contributed by atoms with van der Waals surface area (Å²) in [5.74, 6) is 0.705. The first-order valence-corrected chi connectivity index (χ1v) is 6.07. The summed E-state index contributed by atoms with van der Waals surface area (Å²) >= 11 is 0. The van der Waals surface area contributed by atoms with Crippen LogP contribution in [-0.2, 0) is 7.05 Å². The highest BCUT2D eigenvalue weighted by Gasteiger charge is 2.18. The topological polar surface area (TPSA) is 52.7 Å². The monoisotopic (exact) mass is 254 g/mol. The standard InChI is InChI=1S/C14H14N4O/c1-9-11-6-4-5-7-13(11)18(16-9)14-12(8-19)10(2)15-17(14)3/h4-8H,1-3H3. The molecule has 5 nitrogen and oxygen atoms in total. The number of aromatic nitrogens is 4. The Bertz CT molecular complexity index is 782. The third kappa shape index (κ3) is 1.58. The summed E-state index contributed by atoms with van der Waals surface area (Å²) in [4.78, 5) is 11.3. The Balaban J connectivity index is 2.40. The molecular weight excluding hydrogens is 240 g/mol. The van der Waals surface area contributed by atoms with Crippen molar-refractivity contribution in [1.29, 1.82) is 0 Å². The van der Waals surface area contributed by atoms with Crippen molar-refractivity contribution < 1.29 is 4.79 Å². The van der Waals surface area contributed by atoms with Crippen LogP contribution in [0.15, 0.2) is 24.3 Å². The highest BCUT2D eigenvalue weighted by atomic mass is 16.1. The summed E-state index contributed by atoms with van der Waals surface area (Å²) < 4.78 is 3.48. The maximum Gasteiger partial charge on any atom is 0.163 e. The van der Waals surface area contributed by atoms with E-state index in [1.54, 1.807) is 9.36 Å². The number of aryl methyl sites for hydroxylation is 3. The van der Waals surface area contributed by atoms with Gasteiger partial charge in [-0.05, 0) is 19.9 Å². The highest BCUT2D eigenvalue weighted by Crippen LogP contribution is 2.23. The van der Waals surface area contributed by atoms with Gasteiger partial charge in [0.05, 0.1) is 22.5 Å². The minimum absolute atomic E-state index is 0.579. The van der Waals surface area contributed by atoms with Crippen molar-refractivity contribution in [2.24, 2.45) is 7.05 Å². The number of para-hydroxylation sites is 1. The normalized spacial score (nSPS) is 11.1. The molecule has 2 aromatic heterocycles. The zero-order chi connectivity index (χ0) is 13.6. The maximum atomic E-state index is 11.3. The molecule has 2 heterocycles. The molecule has 0 N–H and O–H groups in total. The zero-order valence-corrected chi connectivity index (χ0v) is 11.1. The second-order valence-electron chi connectivity index (χ2n) is 4.58. The summed E-state index contributed by atoms with van der Waals surface area (Å²) in [5, 5.41) is 9.92. The van der Waals surface area contributed by atoms with Crippen molar-refractivity contribution in [3.8, 4) is 5.82 Å². The number of benzene rings is 1. The van der Waals surface area contributed by atoms with Crippen LogP contribution < -0.4 is 0 Å². The van der Waals surface area contributed by atoms with Crippen LogP contribution >= 0.6 is 0 Å². The van der Waals surface area contributed by atoms with Gasteiger partial charge in [0, 0.05) is 12.4 Å². The van der Waals surface area contributed by atoms with Crippen LogP contribution in [0.4, 0.5) is 0 Å². The molecule has 0 amide bonds. The van der Waals surface area contributed by atoms with Crippen LogP contribution in [-0.4, -0.2) is 25.8 Å². The van der Waals surface area contributed by atoms with Crippen molar-refractivity contribution in [1.82, 2.24) is 19.6 Å². The van der Waals surface area contributed by atoms with Crippen LogP contribution in [0.1, 0.15) is 21.7 Å². The van der Waals surface area contributed by atoms with Gasteiger partial charge < -0.3 is 0 Å². The van der Waals surface area contributed by atoms with Gasteiger partial charge in [0.15, 0.2) is 12.1 Å². The van der Waals surface area contributed by atoms with E-state index in [1.807, 2.05) is 45.2 Å². The molecule has 0 atom stereocenters. The summed E-state index contributed by atoms with van der Waals surface area (Å²) in [5.41, 5.74) is 3.21. The van der Waals surface area contributed by atoms with Crippen LogP contribution in [0.25, 0.3) is 16.7 Å². The molecule has 5 heteroatoms. The maximum absolute atomic E-state index is 11.3. The van der Waals surface area contributed by atoms with Crippen molar-refractivity contribution in [2.75, 3.05) is 0 Å². The van der Waals surface area contributed by atoms with E-state index in [9.17, 15) is 4.79 Å². The molecule has 0 aliphatic heterocycles. The molecule has 0 aliphatic carbocycles. The van der Waals surface area contributed by atoms with Gasteiger partial charge in [0.1, 0.15) is 0 Å². The second-order valence-corrected chi connectivity index (χ2v) is 4.58. The molecule has 0 bridgehead atoms. The smallest absolute Gasteiger partial charge is 0.163 e. The Labute approximate surface area is 110 Å². The first-order valence-electron chi connectivity index (χ1n) is 6.07. The number of carbonyl (C=O) groups is 1. The van der Waals surface area contributed by atoms with E-state index in [4.69, 9.17) is 0 Å². The fourth-order valence-corrected chi connectivity index (χ4v) is 2.43. The molecule has 0 spiro atoms. The Morgan fingerprint density at radius 2 is 1.84 bits per heavy atom. The Morgan fingerprint density at radius 3 is 2.58 bits per heavy atom. The first kappa shape index (κ1) is 11.6. The average Bonchev–Trinajstić information content (AvgIpc) is 2.87. The largest absolute Gasteiger partial charge is 0.298 e. The van der Waals surface area contributed by atoms with Crippen LogP contribution in [0.2, 0.25) is 0 Å². The average molecular weight is 254 g/mol. The third-order valence-electron chi connectivity index (χ3n) is 3.33. The van der Waals surface area contributed by atoms with E-state index in [2.05, 4.69) is 10.2 Å². The fourth-order valence-electron chi connectivity index (χ4n) is 2.43. The van der Waals surface area contributed by atoms with Crippen LogP contribution in [0.5, 0.6) is 0 Å². The predicted octanol–water partition coefficient (Wildman–Crippen LogP) is 2.19. The zero-order valence-electron chi connectivity index (χ0n) is 11.1. The van der Waals surface area contributed by atoms with Crippen molar-refractivity contribution >= 4 is 17.2 Å². The summed E-state index contributed by atoms with van der Waals surface area (Å²) in [7, 11) is 1.82. The van der Waals surface area contributed by atoms with Gasteiger partial charge in [0.25, 0.3) is 0 Å². The molecule has 0 unspecified atom stereocenters. The minimum Gasteiger partial charge on any atom is -0.298 e. The summed E-state index contributed by atoms with van der Waals surface area (Å²) in [6.45, 7) is 3.79. The van der Waals surface area contributed by atoms with E-state index in [0.29, 0.717) is 17.1 Å². The molecule has 0 fully saturated rings. The molecular formula is C14H14N4O. The summed E-state index contributed by atoms with van der Waals surface area (Å²) in [6.07, 6.45) is 0.837. The number of nitrogens with zero attached hydrogens (tertiary/aromatic N) is 4. The van der Waals surface area contributed by atoms with Gasteiger partial charge in [-0.1, -0.05) is 18.2 Å². The van der Waals surface area contributed by atoms with Gasteiger partial charge in [-0.2, -0.15) is 10.2 Å². The Morgan fingerprint density at radius 1 is 1.11 bits per heavy atom. The van der Waals surface area contributed by atoms with Crippen LogP contribution in [0, 0.1) is 13.8 Å². The van der Waals surface area contributed by atoms with Gasteiger partial charge >= 0.3 is 0 Å². The van der Waals surface area contributed by atoms with Crippen LogP contribution in [0.3, 0.4) is 0 Å². The third-order valence-corrected chi connectivity index (χ3v) is 3.33. The molecule has 0 aliphatic rings. The first-order chi connectivity index (χ1) is 9.13. The Kier molecular flexibility index (Phi) is 2.48. The molecule has 3 rings (SSSR count). The molecule has 1 aromatic carbocycles. The van der Waals surface area contributed by atoms with Crippen molar-refractivity contribution in [2.45, 2.75) is 13.8 Å². The number of carbonyl (C=O) groups excluding carboxylic acids is 1. The van der Waals surface area contributed by atoms with E-state index < -0.39 is 0 Å². The number of rotatable bonds is 2. The lowest BCUT2D eigenvalue weighted by Gasteiger charge is -2.04. The molecule has 19 heavy (non-hydrogen) atoms. The van der Waals surface area contributed by atoms with Gasteiger partial charge in [-0.3, -0.25) is 9.48 Å². The van der Waals surface area contributed by atoms with Gasteiger partial charge in [0.2, 0.25) is 0 Å². The van der Waals surface area contributed by atoms with Crippen molar-refractivity contribution in [3.05, 3.63) is 41.2 Å². The lowest BCUT2D eigenvalue weighted by atomic mass is 10.2. The fraction of sp³-hybridized carbons (Fsp3) is 0.214. The molecule has 0 saturated heterocycles. The van der Waals surface area contributed by atoms with E-state index in [1.165, 1.54) is 0 Å². The quantitative estimate of drug-likeness (QED) is 0.659. The lowest BCUT2D eigenvalue weighted by molar-refractivity contribution is 0.112. The SMILES string of the molecule is Cc1nn(C)c(-n2nc(C)c3ccccc32)c1C=O. The lowest BCUT2D eigenvalue weighted by Crippen LogP contribution is -2.06. The second kappa shape index (κ2) is 4.05. The highest BCUT2D eigenvalue weighted by molar-refractivity contribution is 5.86. The molecule has 0 radical (unpaired) electrons. The Hall–Kier alpha value is -2.43. The van der Waals surface area contributed by atoms with Crippen molar-refractivity contribution in [3.63, 3.8) is 0 Å².